The summed E-state index contributed by atoms with van der Waals surface area (Å²) in [4.78, 5) is 2.48. The van der Waals surface area contributed by atoms with E-state index in [2.05, 4.69) is 25.4 Å². The van der Waals surface area contributed by atoms with E-state index in [9.17, 15) is 0 Å². The van der Waals surface area contributed by atoms with E-state index in [0.717, 1.165) is 49.7 Å². The minimum Gasteiger partial charge on any atom is -0.480 e. The monoisotopic (exact) mass is 354 g/mol. The number of fused-ring (bicyclic) bond motifs is 1. The standard InChI is InChI=1S/C18H22N6O2/c1-25-16-5-4-15-20-21-18(24(15)22-16)13-6-8-23(9-7-13)11-14-10-19-26-17(14)12-2-3-12/h4-5,10,12-13H,2-3,6-9,11H2,1H3. The second kappa shape index (κ2) is 6.35. The number of nitrogens with zero attached hydrogens (tertiary/aromatic N) is 6. The van der Waals surface area contributed by atoms with Gasteiger partial charge in [0.1, 0.15) is 5.76 Å². The molecule has 1 aliphatic heterocycles. The molecule has 4 heterocycles. The van der Waals surface area contributed by atoms with Crippen LogP contribution in [0.15, 0.2) is 22.9 Å². The van der Waals surface area contributed by atoms with Crippen molar-refractivity contribution in [3.63, 3.8) is 0 Å². The molecule has 5 rings (SSSR count). The first-order valence-corrected chi connectivity index (χ1v) is 9.24. The Hall–Kier alpha value is -2.48. The van der Waals surface area contributed by atoms with Gasteiger partial charge in [-0.25, -0.2) is 0 Å². The van der Waals surface area contributed by atoms with E-state index >= 15 is 0 Å². The molecule has 8 heteroatoms. The maximum absolute atomic E-state index is 5.46. The Morgan fingerprint density at radius 2 is 1.96 bits per heavy atom. The molecule has 2 fully saturated rings. The Labute approximate surface area is 151 Å². The molecule has 2 aliphatic rings. The second-order valence-electron chi connectivity index (χ2n) is 7.24. The van der Waals surface area contributed by atoms with E-state index in [0.29, 0.717) is 17.7 Å². The van der Waals surface area contributed by atoms with Crippen molar-refractivity contribution in [1.29, 1.82) is 0 Å². The van der Waals surface area contributed by atoms with Crippen LogP contribution in [-0.2, 0) is 6.54 Å². The van der Waals surface area contributed by atoms with Crippen molar-refractivity contribution in [2.75, 3.05) is 20.2 Å². The second-order valence-corrected chi connectivity index (χ2v) is 7.24. The number of hydrogen-bond acceptors (Lipinski definition) is 7. The van der Waals surface area contributed by atoms with Gasteiger partial charge in [0, 0.05) is 30.0 Å². The average molecular weight is 354 g/mol. The molecule has 8 nitrogen and oxygen atoms in total. The number of aromatic nitrogens is 5. The van der Waals surface area contributed by atoms with Gasteiger partial charge in [0.2, 0.25) is 5.88 Å². The summed E-state index contributed by atoms with van der Waals surface area (Å²) in [7, 11) is 1.62. The summed E-state index contributed by atoms with van der Waals surface area (Å²) >= 11 is 0. The molecular formula is C18H22N6O2. The number of rotatable bonds is 5. The number of likely N-dealkylation sites (tertiary alicyclic amines) is 1. The Balaban J connectivity index is 1.27. The van der Waals surface area contributed by atoms with Crippen molar-refractivity contribution in [1.82, 2.24) is 29.9 Å². The van der Waals surface area contributed by atoms with Gasteiger partial charge in [-0.05, 0) is 44.8 Å². The SMILES string of the molecule is COc1ccc2nnc(C3CCN(Cc4cnoc4C4CC4)CC3)n2n1. The van der Waals surface area contributed by atoms with Crippen molar-refractivity contribution in [2.45, 2.75) is 44.1 Å². The fourth-order valence-electron chi connectivity index (χ4n) is 3.81. The fourth-order valence-corrected chi connectivity index (χ4v) is 3.81. The zero-order chi connectivity index (χ0) is 17.5. The first kappa shape index (κ1) is 15.7. The van der Waals surface area contributed by atoms with E-state index in [4.69, 9.17) is 9.26 Å². The predicted molar refractivity (Wildman–Crippen MR) is 93.1 cm³/mol. The highest BCUT2D eigenvalue weighted by Gasteiger charge is 2.31. The van der Waals surface area contributed by atoms with Crippen LogP contribution in [-0.4, -0.2) is 50.1 Å². The van der Waals surface area contributed by atoms with Gasteiger partial charge < -0.3 is 9.26 Å². The van der Waals surface area contributed by atoms with Crippen LogP contribution in [0.1, 0.15) is 54.7 Å². The first-order valence-electron chi connectivity index (χ1n) is 9.24. The van der Waals surface area contributed by atoms with Gasteiger partial charge in [0.25, 0.3) is 0 Å². The molecular weight excluding hydrogens is 332 g/mol. The van der Waals surface area contributed by atoms with Crippen LogP contribution in [0.5, 0.6) is 5.88 Å². The summed E-state index contributed by atoms with van der Waals surface area (Å²) in [5.41, 5.74) is 2.02. The molecule has 3 aromatic rings. The molecule has 0 aromatic carbocycles. The summed E-state index contributed by atoms with van der Waals surface area (Å²) in [5.74, 6) is 3.59. The summed E-state index contributed by atoms with van der Waals surface area (Å²) in [6.45, 7) is 2.98. The van der Waals surface area contributed by atoms with Gasteiger partial charge in [-0.15, -0.1) is 15.3 Å². The molecule has 1 saturated heterocycles. The van der Waals surface area contributed by atoms with Gasteiger partial charge in [-0.3, -0.25) is 4.90 Å². The quantitative estimate of drug-likeness (QED) is 0.696. The molecule has 0 unspecified atom stereocenters. The molecule has 0 bridgehead atoms. The van der Waals surface area contributed by atoms with Crippen molar-refractivity contribution in [2.24, 2.45) is 0 Å². The Bertz CT molecular complexity index is 907. The van der Waals surface area contributed by atoms with Crippen LogP contribution in [0.25, 0.3) is 5.65 Å². The van der Waals surface area contributed by atoms with E-state index in [1.165, 1.54) is 18.4 Å². The Kier molecular flexibility index (Phi) is 3.85. The maximum Gasteiger partial charge on any atom is 0.231 e. The smallest absolute Gasteiger partial charge is 0.231 e. The molecule has 0 N–H and O–H groups in total. The van der Waals surface area contributed by atoms with Crippen LogP contribution in [0.4, 0.5) is 0 Å². The summed E-state index contributed by atoms with van der Waals surface area (Å²) in [5, 5.41) is 17.1. The van der Waals surface area contributed by atoms with Gasteiger partial charge in [-0.2, -0.15) is 4.52 Å². The molecule has 1 saturated carbocycles. The van der Waals surface area contributed by atoms with Crippen LogP contribution < -0.4 is 4.74 Å². The van der Waals surface area contributed by atoms with E-state index in [1.807, 2.05) is 22.8 Å². The average Bonchev–Trinajstić information content (AvgIpc) is 3.27. The first-order chi connectivity index (χ1) is 12.8. The number of hydrogen-bond donors (Lipinski definition) is 0. The lowest BCUT2D eigenvalue weighted by Gasteiger charge is -2.30. The van der Waals surface area contributed by atoms with Gasteiger partial charge in [0.05, 0.1) is 13.3 Å². The lowest BCUT2D eigenvalue weighted by molar-refractivity contribution is 0.199. The highest BCUT2D eigenvalue weighted by atomic mass is 16.5. The number of piperidine rings is 1. The zero-order valence-electron chi connectivity index (χ0n) is 14.8. The topological polar surface area (TPSA) is 81.6 Å². The molecule has 1 aliphatic carbocycles. The minimum absolute atomic E-state index is 0.367. The fraction of sp³-hybridized carbons (Fsp3) is 0.556. The minimum atomic E-state index is 0.367. The lowest BCUT2D eigenvalue weighted by Crippen LogP contribution is -2.33. The molecule has 0 atom stereocenters. The predicted octanol–water partition coefficient (Wildman–Crippen LogP) is 2.38. The normalized spacial score (nSPS) is 19.3. The van der Waals surface area contributed by atoms with Gasteiger partial charge in [0.15, 0.2) is 11.5 Å². The zero-order valence-corrected chi connectivity index (χ0v) is 14.8. The van der Waals surface area contributed by atoms with Crippen molar-refractivity contribution in [3.8, 4) is 5.88 Å². The molecule has 0 radical (unpaired) electrons. The summed E-state index contributed by atoms with van der Waals surface area (Å²) in [6.07, 6.45) is 6.46. The molecule has 26 heavy (non-hydrogen) atoms. The largest absolute Gasteiger partial charge is 0.480 e. The van der Waals surface area contributed by atoms with Crippen molar-refractivity contribution < 1.29 is 9.26 Å². The van der Waals surface area contributed by atoms with Crippen LogP contribution in [0.2, 0.25) is 0 Å². The molecule has 0 amide bonds. The summed E-state index contributed by atoms with van der Waals surface area (Å²) < 4.78 is 12.5. The van der Waals surface area contributed by atoms with Crippen LogP contribution >= 0.6 is 0 Å². The highest BCUT2D eigenvalue weighted by Crippen LogP contribution is 2.42. The third-order valence-electron chi connectivity index (χ3n) is 5.44. The van der Waals surface area contributed by atoms with Crippen LogP contribution in [0, 0.1) is 0 Å². The maximum atomic E-state index is 5.46. The molecule has 0 spiro atoms. The summed E-state index contributed by atoms with van der Waals surface area (Å²) in [6, 6.07) is 3.70. The number of methoxy groups -OCH3 is 1. The van der Waals surface area contributed by atoms with Gasteiger partial charge in [-0.1, -0.05) is 5.16 Å². The highest BCUT2D eigenvalue weighted by molar-refractivity contribution is 5.38. The van der Waals surface area contributed by atoms with E-state index < -0.39 is 0 Å². The molecule has 136 valence electrons. The van der Waals surface area contributed by atoms with Crippen molar-refractivity contribution in [3.05, 3.63) is 35.5 Å². The van der Waals surface area contributed by atoms with Crippen LogP contribution in [0.3, 0.4) is 0 Å². The van der Waals surface area contributed by atoms with Gasteiger partial charge >= 0.3 is 0 Å². The third kappa shape index (κ3) is 2.84. The lowest BCUT2D eigenvalue weighted by atomic mass is 9.95. The Morgan fingerprint density at radius 1 is 1.12 bits per heavy atom. The van der Waals surface area contributed by atoms with E-state index in [-0.39, 0.29) is 0 Å². The van der Waals surface area contributed by atoms with Crippen molar-refractivity contribution >= 4 is 5.65 Å². The number of ether oxygens (including phenoxy) is 1. The van der Waals surface area contributed by atoms with E-state index in [1.54, 1.807) is 7.11 Å². The third-order valence-corrected chi connectivity index (χ3v) is 5.44. The Morgan fingerprint density at radius 3 is 2.73 bits per heavy atom. The molecule has 3 aromatic heterocycles.